The molecule has 0 atom stereocenters. The second-order valence-electron chi connectivity index (χ2n) is 4.47. The maximum Gasteiger partial charge on any atom is 0.335 e. The molecule has 0 saturated heterocycles. The van der Waals surface area contributed by atoms with Gasteiger partial charge in [-0.05, 0) is 24.3 Å². The van der Waals surface area contributed by atoms with Crippen LogP contribution in [0.3, 0.4) is 0 Å². The fourth-order valence-electron chi connectivity index (χ4n) is 1.87. The summed E-state index contributed by atoms with van der Waals surface area (Å²) >= 11 is 5.89. The fraction of sp³-hybridized carbons (Fsp3) is 0.231. The van der Waals surface area contributed by atoms with Crippen LogP contribution in [0.25, 0.3) is 0 Å². The lowest BCUT2D eigenvalue weighted by molar-refractivity contribution is 0.0696. The monoisotopic (exact) mass is 328 g/mol. The lowest BCUT2D eigenvalue weighted by atomic mass is 10.2. The standard InChI is InChI=1S/C13H13ClN2O4S/c1-16-10(4-6-15-16)5-7-21(19,20)12-8-9(13(17)18)2-3-11(12)14/h2-4,6,8H,5,7H2,1H3,(H,17,18). The van der Waals surface area contributed by atoms with Crippen molar-refractivity contribution in [3.05, 3.63) is 46.7 Å². The van der Waals surface area contributed by atoms with Gasteiger partial charge >= 0.3 is 5.97 Å². The average Bonchev–Trinajstić information content (AvgIpc) is 2.82. The summed E-state index contributed by atoms with van der Waals surface area (Å²) in [6.07, 6.45) is 1.85. The molecule has 6 nitrogen and oxygen atoms in total. The number of nitrogens with zero attached hydrogens (tertiary/aromatic N) is 2. The number of carboxylic acid groups (broad SMARTS) is 1. The number of rotatable bonds is 5. The molecule has 0 unspecified atom stereocenters. The van der Waals surface area contributed by atoms with Crippen LogP contribution in [0.5, 0.6) is 0 Å². The Bertz CT molecular complexity index is 783. The van der Waals surface area contributed by atoms with E-state index in [4.69, 9.17) is 16.7 Å². The third-order valence-corrected chi connectivity index (χ3v) is 5.25. The van der Waals surface area contributed by atoms with E-state index in [0.717, 1.165) is 11.8 Å². The van der Waals surface area contributed by atoms with Crippen molar-refractivity contribution >= 4 is 27.4 Å². The molecule has 1 aromatic heterocycles. The number of aromatic carboxylic acids is 1. The molecule has 2 rings (SSSR count). The smallest absolute Gasteiger partial charge is 0.335 e. The number of halogens is 1. The van der Waals surface area contributed by atoms with Crippen LogP contribution in [0.4, 0.5) is 0 Å². The van der Waals surface area contributed by atoms with E-state index in [1.165, 1.54) is 12.1 Å². The molecule has 8 heteroatoms. The first-order valence-electron chi connectivity index (χ1n) is 6.04. The number of aromatic nitrogens is 2. The SMILES string of the molecule is Cn1nccc1CCS(=O)(=O)c1cc(C(=O)O)ccc1Cl. The van der Waals surface area contributed by atoms with Crippen molar-refractivity contribution in [2.75, 3.05) is 5.75 Å². The van der Waals surface area contributed by atoms with Crippen molar-refractivity contribution in [2.45, 2.75) is 11.3 Å². The van der Waals surface area contributed by atoms with Gasteiger partial charge in [0, 0.05) is 25.4 Å². The molecule has 0 saturated carbocycles. The summed E-state index contributed by atoms with van der Waals surface area (Å²) in [5.41, 5.74) is 0.655. The molecule has 0 aliphatic rings. The van der Waals surface area contributed by atoms with Crippen molar-refractivity contribution in [1.29, 1.82) is 0 Å². The lowest BCUT2D eigenvalue weighted by Crippen LogP contribution is -2.12. The highest BCUT2D eigenvalue weighted by atomic mass is 35.5. The summed E-state index contributed by atoms with van der Waals surface area (Å²) in [7, 11) is -1.95. The zero-order chi connectivity index (χ0) is 15.6. The van der Waals surface area contributed by atoms with Crippen molar-refractivity contribution in [2.24, 2.45) is 7.05 Å². The van der Waals surface area contributed by atoms with E-state index in [1.54, 1.807) is 24.0 Å². The minimum Gasteiger partial charge on any atom is -0.478 e. The second kappa shape index (κ2) is 5.87. The summed E-state index contributed by atoms with van der Waals surface area (Å²) in [4.78, 5) is 10.8. The summed E-state index contributed by atoms with van der Waals surface area (Å²) in [5.74, 6) is -1.37. The molecule has 0 amide bonds. The quantitative estimate of drug-likeness (QED) is 0.903. The predicted octanol–water partition coefficient (Wildman–Crippen LogP) is 1.79. The Morgan fingerprint density at radius 1 is 1.38 bits per heavy atom. The van der Waals surface area contributed by atoms with E-state index in [2.05, 4.69) is 5.10 Å². The van der Waals surface area contributed by atoms with Crippen LogP contribution >= 0.6 is 11.6 Å². The van der Waals surface area contributed by atoms with Gasteiger partial charge in [-0.15, -0.1) is 0 Å². The molecule has 0 bridgehead atoms. The van der Waals surface area contributed by atoms with Crippen LogP contribution in [0.1, 0.15) is 16.1 Å². The molecule has 0 radical (unpaired) electrons. The average molecular weight is 329 g/mol. The topological polar surface area (TPSA) is 89.3 Å². The van der Waals surface area contributed by atoms with Crippen molar-refractivity contribution < 1.29 is 18.3 Å². The Balaban J connectivity index is 2.29. The van der Waals surface area contributed by atoms with Crippen LogP contribution in [-0.4, -0.2) is 35.0 Å². The molecule has 0 fully saturated rings. The maximum atomic E-state index is 12.3. The Morgan fingerprint density at radius 3 is 2.67 bits per heavy atom. The van der Waals surface area contributed by atoms with Gasteiger partial charge in [-0.3, -0.25) is 4.68 Å². The number of aryl methyl sites for hydroxylation is 2. The number of carboxylic acids is 1. The van der Waals surface area contributed by atoms with Gasteiger partial charge in [-0.2, -0.15) is 5.10 Å². The number of carbonyl (C=O) groups is 1. The van der Waals surface area contributed by atoms with Gasteiger partial charge < -0.3 is 5.11 Å². The number of benzene rings is 1. The Kier molecular flexibility index (Phi) is 4.34. The molecule has 1 heterocycles. The minimum atomic E-state index is -3.68. The van der Waals surface area contributed by atoms with Crippen LogP contribution in [0.2, 0.25) is 5.02 Å². The van der Waals surface area contributed by atoms with E-state index < -0.39 is 15.8 Å². The lowest BCUT2D eigenvalue weighted by Gasteiger charge is -2.08. The van der Waals surface area contributed by atoms with Gasteiger partial charge in [0.15, 0.2) is 9.84 Å². The summed E-state index contributed by atoms with van der Waals surface area (Å²) in [6, 6.07) is 5.36. The molecule has 2 aromatic rings. The number of hydrogen-bond acceptors (Lipinski definition) is 4. The number of sulfone groups is 1. The van der Waals surface area contributed by atoms with Crippen LogP contribution < -0.4 is 0 Å². The fourth-order valence-corrected chi connectivity index (χ4v) is 3.71. The maximum absolute atomic E-state index is 12.3. The zero-order valence-electron chi connectivity index (χ0n) is 11.2. The zero-order valence-corrected chi connectivity index (χ0v) is 12.7. The molecule has 0 spiro atoms. The third-order valence-electron chi connectivity index (χ3n) is 3.06. The van der Waals surface area contributed by atoms with E-state index in [0.29, 0.717) is 0 Å². The van der Waals surface area contributed by atoms with Gasteiger partial charge in [0.1, 0.15) is 0 Å². The second-order valence-corrected chi connectivity index (χ2v) is 6.95. The highest BCUT2D eigenvalue weighted by Crippen LogP contribution is 2.24. The Labute approximate surface area is 126 Å². The molecule has 0 aliphatic carbocycles. The summed E-state index contributed by atoms with van der Waals surface area (Å²) in [5, 5.41) is 12.9. The molecular formula is C13H13ClN2O4S. The normalized spacial score (nSPS) is 11.5. The minimum absolute atomic E-state index is 0.0185. The highest BCUT2D eigenvalue weighted by Gasteiger charge is 2.20. The van der Waals surface area contributed by atoms with Gasteiger partial charge in [0.05, 0.1) is 21.2 Å². The van der Waals surface area contributed by atoms with Gasteiger partial charge in [-0.25, -0.2) is 13.2 Å². The van der Waals surface area contributed by atoms with Crippen LogP contribution in [0.15, 0.2) is 35.4 Å². The first-order chi connectivity index (χ1) is 9.81. The molecule has 21 heavy (non-hydrogen) atoms. The first kappa shape index (κ1) is 15.5. The van der Waals surface area contributed by atoms with E-state index in [-0.39, 0.29) is 27.7 Å². The third kappa shape index (κ3) is 3.43. The summed E-state index contributed by atoms with van der Waals surface area (Å²) in [6.45, 7) is 0. The molecule has 1 N–H and O–H groups in total. The largest absolute Gasteiger partial charge is 0.478 e. The van der Waals surface area contributed by atoms with Crippen molar-refractivity contribution in [3.63, 3.8) is 0 Å². The highest BCUT2D eigenvalue weighted by molar-refractivity contribution is 7.91. The van der Waals surface area contributed by atoms with Crippen molar-refractivity contribution in [3.8, 4) is 0 Å². The molecular weight excluding hydrogens is 316 g/mol. The molecule has 0 aliphatic heterocycles. The van der Waals surface area contributed by atoms with Gasteiger partial charge in [0.25, 0.3) is 0 Å². The van der Waals surface area contributed by atoms with Crippen LogP contribution in [0, 0.1) is 0 Å². The first-order valence-corrected chi connectivity index (χ1v) is 8.07. The van der Waals surface area contributed by atoms with Gasteiger partial charge in [0.2, 0.25) is 0 Å². The predicted molar refractivity (Wildman–Crippen MR) is 77.4 cm³/mol. The summed E-state index contributed by atoms with van der Waals surface area (Å²) < 4.78 is 26.2. The van der Waals surface area contributed by atoms with E-state index >= 15 is 0 Å². The number of hydrogen-bond donors (Lipinski definition) is 1. The molecule has 112 valence electrons. The van der Waals surface area contributed by atoms with Crippen molar-refractivity contribution in [1.82, 2.24) is 9.78 Å². The van der Waals surface area contributed by atoms with E-state index in [9.17, 15) is 13.2 Å². The Morgan fingerprint density at radius 2 is 2.10 bits per heavy atom. The van der Waals surface area contributed by atoms with Crippen LogP contribution in [-0.2, 0) is 23.3 Å². The van der Waals surface area contributed by atoms with Gasteiger partial charge in [-0.1, -0.05) is 11.6 Å². The van der Waals surface area contributed by atoms with E-state index in [1.807, 2.05) is 0 Å². The Hall–Kier alpha value is -1.86. The molecule has 1 aromatic carbocycles.